The van der Waals surface area contributed by atoms with Gasteiger partial charge in [0.1, 0.15) is 0 Å². The Morgan fingerprint density at radius 2 is 2.08 bits per heavy atom. The zero-order valence-corrected chi connectivity index (χ0v) is 8.17. The van der Waals surface area contributed by atoms with Crippen LogP contribution >= 0.6 is 0 Å². The smallest absolute Gasteiger partial charge is 0.338 e. The van der Waals surface area contributed by atoms with Gasteiger partial charge in [-0.1, -0.05) is 0 Å². The molecule has 0 saturated carbocycles. The molecule has 0 aromatic rings. The molecule has 1 saturated heterocycles. The Bertz CT molecular complexity index is 172. The van der Waals surface area contributed by atoms with Crippen LogP contribution in [0.4, 0.5) is 0 Å². The molecule has 76 valence electrons. The monoisotopic (exact) mass is 188 g/mol. The van der Waals surface area contributed by atoms with E-state index in [2.05, 4.69) is 0 Å². The van der Waals surface area contributed by atoms with Crippen molar-refractivity contribution in [2.45, 2.75) is 25.4 Å². The average Bonchev–Trinajstić information content (AvgIpc) is 2.19. The van der Waals surface area contributed by atoms with Crippen molar-refractivity contribution in [3.8, 4) is 0 Å². The molecule has 0 amide bonds. The van der Waals surface area contributed by atoms with E-state index in [0.29, 0.717) is 32.7 Å². The number of methoxy groups -OCH3 is 1. The quantitative estimate of drug-likeness (QED) is 0.613. The van der Waals surface area contributed by atoms with Crippen molar-refractivity contribution in [3.63, 3.8) is 0 Å². The van der Waals surface area contributed by atoms with Gasteiger partial charge in [-0.15, -0.1) is 0 Å². The number of carbonyl (C=O) groups excluding carboxylic acids is 1. The first kappa shape index (κ1) is 10.5. The van der Waals surface area contributed by atoms with Crippen molar-refractivity contribution in [1.29, 1.82) is 0 Å². The molecule has 0 spiro atoms. The lowest BCUT2D eigenvalue weighted by atomic mass is 9.94. The highest BCUT2D eigenvalue weighted by Gasteiger charge is 2.41. The van der Waals surface area contributed by atoms with Crippen molar-refractivity contribution in [2.24, 2.45) is 0 Å². The summed E-state index contributed by atoms with van der Waals surface area (Å²) in [4.78, 5) is 11.5. The lowest BCUT2D eigenvalue weighted by Gasteiger charge is -2.33. The summed E-state index contributed by atoms with van der Waals surface area (Å²) in [6.07, 6.45) is 1.17. The molecule has 1 aliphatic heterocycles. The molecule has 0 radical (unpaired) electrons. The molecular weight excluding hydrogens is 172 g/mol. The van der Waals surface area contributed by atoms with E-state index in [9.17, 15) is 4.79 Å². The van der Waals surface area contributed by atoms with Crippen LogP contribution in [0.15, 0.2) is 0 Å². The number of ether oxygens (including phenoxy) is 3. The summed E-state index contributed by atoms with van der Waals surface area (Å²) < 4.78 is 15.4. The molecule has 0 aromatic heterocycles. The van der Waals surface area contributed by atoms with Gasteiger partial charge in [0.05, 0.1) is 6.61 Å². The van der Waals surface area contributed by atoms with Gasteiger partial charge in [-0.25, -0.2) is 4.79 Å². The van der Waals surface area contributed by atoms with Crippen LogP contribution in [0.25, 0.3) is 0 Å². The van der Waals surface area contributed by atoms with Crippen molar-refractivity contribution < 1.29 is 19.0 Å². The second-order valence-electron chi connectivity index (χ2n) is 3.03. The van der Waals surface area contributed by atoms with Gasteiger partial charge in [-0.05, 0) is 6.92 Å². The molecule has 0 aromatic carbocycles. The Morgan fingerprint density at radius 3 is 2.54 bits per heavy atom. The summed E-state index contributed by atoms with van der Waals surface area (Å²) in [5.41, 5.74) is -0.756. The summed E-state index contributed by atoms with van der Waals surface area (Å²) in [7, 11) is 1.54. The fourth-order valence-electron chi connectivity index (χ4n) is 1.46. The molecule has 0 N–H and O–H groups in total. The van der Waals surface area contributed by atoms with Crippen LogP contribution in [-0.2, 0) is 19.0 Å². The van der Waals surface area contributed by atoms with Gasteiger partial charge in [0, 0.05) is 33.2 Å². The Hall–Kier alpha value is -0.610. The van der Waals surface area contributed by atoms with E-state index in [1.807, 2.05) is 0 Å². The minimum Gasteiger partial charge on any atom is -0.464 e. The molecule has 1 fully saturated rings. The van der Waals surface area contributed by atoms with Gasteiger partial charge < -0.3 is 14.2 Å². The fourth-order valence-corrected chi connectivity index (χ4v) is 1.46. The first-order chi connectivity index (χ1) is 6.25. The minimum absolute atomic E-state index is 0.263. The van der Waals surface area contributed by atoms with Crippen molar-refractivity contribution in [3.05, 3.63) is 0 Å². The number of hydrogen-bond acceptors (Lipinski definition) is 4. The number of esters is 1. The van der Waals surface area contributed by atoms with Gasteiger partial charge in [0.25, 0.3) is 0 Å². The summed E-state index contributed by atoms with van der Waals surface area (Å²) in [5, 5.41) is 0. The molecule has 4 nitrogen and oxygen atoms in total. The Morgan fingerprint density at radius 1 is 1.46 bits per heavy atom. The van der Waals surface area contributed by atoms with Crippen LogP contribution in [0.3, 0.4) is 0 Å². The van der Waals surface area contributed by atoms with Crippen LogP contribution < -0.4 is 0 Å². The molecule has 1 aliphatic rings. The van der Waals surface area contributed by atoms with E-state index in [-0.39, 0.29) is 5.97 Å². The van der Waals surface area contributed by atoms with E-state index >= 15 is 0 Å². The van der Waals surface area contributed by atoms with E-state index in [1.165, 1.54) is 0 Å². The first-order valence-corrected chi connectivity index (χ1v) is 4.55. The third kappa shape index (κ3) is 2.19. The highest BCUT2D eigenvalue weighted by Crippen LogP contribution is 2.25. The number of carbonyl (C=O) groups is 1. The van der Waals surface area contributed by atoms with Crippen molar-refractivity contribution in [1.82, 2.24) is 0 Å². The van der Waals surface area contributed by atoms with Gasteiger partial charge >= 0.3 is 5.97 Å². The molecule has 0 unspecified atom stereocenters. The predicted molar refractivity (Wildman–Crippen MR) is 46.4 cm³/mol. The number of rotatable bonds is 3. The second kappa shape index (κ2) is 4.58. The molecule has 4 heteroatoms. The maximum atomic E-state index is 11.5. The second-order valence-corrected chi connectivity index (χ2v) is 3.03. The topological polar surface area (TPSA) is 44.8 Å². The molecule has 0 atom stereocenters. The molecule has 1 rings (SSSR count). The Balaban J connectivity index is 2.61. The standard InChI is InChI=1S/C9H16O4/c1-3-13-8(10)9(11-2)4-6-12-7-5-9/h3-7H2,1-2H3. The summed E-state index contributed by atoms with van der Waals surface area (Å²) in [5.74, 6) is -0.263. The Labute approximate surface area is 78.2 Å². The lowest BCUT2D eigenvalue weighted by Crippen LogP contribution is -2.46. The van der Waals surface area contributed by atoms with Crippen LogP contribution in [0, 0.1) is 0 Å². The maximum absolute atomic E-state index is 11.5. The molecule has 0 bridgehead atoms. The van der Waals surface area contributed by atoms with Crippen molar-refractivity contribution in [2.75, 3.05) is 26.9 Å². The third-order valence-electron chi connectivity index (χ3n) is 2.34. The molecule has 1 heterocycles. The van der Waals surface area contributed by atoms with E-state index in [4.69, 9.17) is 14.2 Å². The maximum Gasteiger partial charge on any atom is 0.338 e. The highest BCUT2D eigenvalue weighted by atomic mass is 16.6. The fraction of sp³-hybridized carbons (Fsp3) is 0.889. The molecule has 13 heavy (non-hydrogen) atoms. The van der Waals surface area contributed by atoms with Crippen molar-refractivity contribution >= 4 is 5.97 Å². The largest absolute Gasteiger partial charge is 0.464 e. The normalized spacial score (nSPS) is 21.1. The average molecular weight is 188 g/mol. The zero-order valence-electron chi connectivity index (χ0n) is 8.17. The molecule has 0 aliphatic carbocycles. The summed E-state index contributed by atoms with van der Waals surface area (Å²) >= 11 is 0. The summed E-state index contributed by atoms with van der Waals surface area (Å²) in [6, 6.07) is 0. The van der Waals surface area contributed by atoms with E-state index < -0.39 is 5.60 Å². The van der Waals surface area contributed by atoms with Crippen LogP contribution in [0.5, 0.6) is 0 Å². The van der Waals surface area contributed by atoms with E-state index in [1.54, 1.807) is 14.0 Å². The zero-order chi connectivity index (χ0) is 9.73. The van der Waals surface area contributed by atoms with E-state index in [0.717, 1.165) is 0 Å². The lowest BCUT2D eigenvalue weighted by molar-refractivity contribution is -0.179. The minimum atomic E-state index is -0.756. The van der Waals surface area contributed by atoms with Gasteiger partial charge in [0.15, 0.2) is 5.60 Å². The van der Waals surface area contributed by atoms with Crippen LogP contribution in [-0.4, -0.2) is 38.5 Å². The Kier molecular flexibility index (Phi) is 3.69. The number of hydrogen-bond donors (Lipinski definition) is 0. The SMILES string of the molecule is CCOC(=O)C1(OC)CCOCC1. The highest BCUT2D eigenvalue weighted by molar-refractivity contribution is 5.79. The first-order valence-electron chi connectivity index (χ1n) is 4.55. The predicted octanol–water partition coefficient (Wildman–Crippen LogP) is 0.745. The van der Waals surface area contributed by atoms with Gasteiger partial charge in [-0.3, -0.25) is 0 Å². The van der Waals surface area contributed by atoms with Crippen LogP contribution in [0.1, 0.15) is 19.8 Å². The third-order valence-corrected chi connectivity index (χ3v) is 2.34. The van der Waals surface area contributed by atoms with Gasteiger partial charge in [-0.2, -0.15) is 0 Å². The summed E-state index contributed by atoms with van der Waals surface area (Å²) in [6.45, 7) is 3.31. The van der Waals surface area contributed by atoms with Crippen LogP contribution in [0.2, 0.25) is 0 Å². The van der Waals surface area contributed by atoms with Gasteiger partial charge in [0.2, 0.25) is 0 Å². The molecular formula is C9H16O4.